The van der Waals surface area contributed by atoms with E-state index in [1.807, 2.05) is 12.1 Å². The Morgan fingerprint density at radius 1 is 0.824 bits per heavy atom. The Morgan fingerprint density at radius 3 is 1.79 bits per heavy atom. The van der Waals surface area contributed by atoms with E-state index in [1.165, 1.54) is 0 Å². The Bertz CT molecular complexity index is 904. The third kappa shape index (κ3) is 5.87. The Labute approximate surface area is 208 Å². The van der Waals surface area contributed by atoms with Crippen LogP contribution >= 0.6 is 0 Å². The maximum atomic E-state index is 11.4. The smallest absolute Gasteiger partial charge is 0.258 e. The molecule has 0 heterocycles. The number of hydrogen-bond acceptors (Lipinski definition) is 4. The molecule has 0 saturated heterocycles. The van der Waals surface area contributed by atoms with E-state index in [-0.39, 0.29) is 12.7 Å². The molecule has 2 aromatic carbocycles. The SMILES string of the molecule is COCOc1ccc(C(O)c2c(C)cc(O[Si](C(C)C)(C(C)C)C(C)C)cc2C)cc1C(C)C. The molecule has 0 fully saturated rings. The summed E-state index contributed by atoms with van der Waals surface area (Å²) in [6.45, 7) is 22.4. The first-order valence-electron chi connectivity index (χ1n) is 12.6. The highest BCUT2D eigenvalue weighted by Gasteiger charge is 2.47. The predicted molar refractivity (Wildman–Crippen MR) is 145 cm³/mol. The summed E-state index contributed by atoms with van der Waals surface area (Å²) in [4.78, 5) is 0. The van der Waals surface area contributed by atoms with Gasteiger partial charge in [-0.1, -0.05) is 61.5 Å². The number of aliphatic hydroxyl groups excluding tert-OH is 1. The molecule has 2 aromatic rings. The maximum Gasteiger partial charge on any atom is 0.258 e. The first-order valence-corrected chi connectivity index (χ1v) is 14.7. The van der Waals surface area contributed by atoms with Crippen LogP contribution in [0.1, 0.15) is 95.2 Å². The van der Waals surface area contributed by atoms with Crippen molar-refractivity contribution in [2.24, 2.45) is 0 Å². The van der Waals surface area contributed by atoms with Gasteiger partial charge in [0.25, 0.3) is 8.32 Å². The zero-order valence-corrected chi connectivity index (χ0v) is 24.2. The minimum Gasteiger partial charge on any atom is -0.543 e. The van der Waals surface area contributed by atoms with Gasteiger partial charge in [0.1, 0.15) is 17.6 Å². The predicted octanol–water partition coefficient (Wildman–Crippen LogP) is 8.05. The van der Waals surface area contributed by atoms with Crippen LogP contribution in [0.2, 0.25) is 16.6 Å². The van der Waals surface area contributed by atoms with Gasteiger partial charge in [-0.25, -0.2) is 0 Å². The molecule has 0 radical (unpaired) electrons. The molecule has 0 spiro atoms. The van der Waals surface area contributed by atoms with Crippen LogP contribution in [0.4, 0.5) is 0 Å². The minimum atomic E-state index is -2.05. The lowest BCUT2D eigenvalue weighted by Gasteiger charge is -2.42. The third-order valence-corrected chi connectivity index (χ3v) is 13.1. The summed E-state index contributed by atoms with van der Waals surface area (Å²) in [6, 6.07) is 10.2. The molecule has 0 saturated carbocycles. The number of rotatable bonds is 11. The Hall–Kier alpha value is -1.82. The molecule has 0 aliphatic heterocycles. The molecule has 2 rings (SSSR count). The fourth-order valence-corrected chi connectivity index (χ4v) is 10.8. The summed E-state index contributed by atoms with van der Waals surface area (Å²) in [7, 11) is -0.434. The van der Waals surface area contributed by atoms with Crippen molar-refractivity contribution in [2.75, 3.05) is 13.9 Å². The quantitative estimate of drug-likeness (QED) is 0.258. The van der Waals surface area contributed by atoms with E-state index in [0.29, 0.717) is 16.6 Å². The Kier molecular flexibility index (Phi) is 9.81. The first-order chi connectivity index (χ1) is 15.9. The van der Waals surface area contributed by atoms with Crippen LogP contribution in [-0.2, 0) is 4.74 Å². The highest BCUT2D eigenvalue weighted by atomic mass is 28.4. The van der Waals surface area contributed by atoms with Crippen molar-refractivity contribution in [1.82, 2.24) is 0 Å². The topological polar surface area (TPSA) is 47.9 Å². The number of benzene rings is 2. The van der Waals surface area contributed by atoms with E-state index in [2.05, 4.69) is 87.4 Å². The van der Waals surface area contributed by atoms with E-state index in [1.54, 1.807) is 7.11 Å². The van der Waals surface area contributed by atoms with Crippen molar-refractivity contribution in [1.29, 1.82) is 0 Å². The molecule has 0 aliphatic carbocycles. The van der Waals surface area contributed by atoms with E-state index in [4.69, 9.17) is 13.9 Å². The van der Waals surface area contributed by atoms with Gasteiger partial charge in [0.2, 0.25) is 0 Å². The fraction of sp³-hybridized carbons (Fsp3) is 0.586. The van der Waals surface area contributed by atoms with Crippen molar-refractivity contribution in [2.45, 2.75) is 97.9 Å². The summed E-state index contributed by atoms with van der Waals surface area (Å²) in [5.74, 6) is 1.99. The molecule has 1 atom stereocenters. The van der Waals surface area contributed by atoms with Gasteiger partial charge < -0.3 is 19.0 Å². The van der Waals surface area contributed by atoms with Gasteiger partial charge in [-0.2, -0.15) is 0 Å². The second-order valence-corrected chi connectivity index (χ2v) is 16.2. The van der Waals surface area contributed by atoms with Crippen molar-refractivity contribution >= 4 is 8.32 Å². The van der Waals surface area contributed by atoms with Crippen LogP contribution in [0.15, 0.2) is 30.3 Å². The number of ether oxygens (including phenoxy) is 2. The molecule has 0 aliphatic rings. The van der Waals surface area contributed by atoms with Crippen LogP contribution in [0.3, 0.4) is 0 Å². The molecule has 190 valence electrons. The summed E-state index contributed by atoms with van der Waals surface area (Å²) in [5, 5.41) is 11.4. The second kappa shape index (κ2) is 11.7. The second-order valence-electron chi connectivity index (χ2n) is 10.8. The van der Waals surface area contributed by atoms with Gasteiger partial charge in [0.15, 0.2) is 6.79 Å². The summed E-state index contributed by atoms with van der Waals surface area (Å²) >= 11 is 0. The van der Waals surface area contributed by atoms with Gasteiger partial charge in [0.05, 0.1) is 0 Å². The highest BCUT2D eigenvalue weighted by Crippen LogP contribution is 2.44. The minimum absolute atomic E-state index is 0.204. The summed E-state index contributed by atoms with van der Waals surface area (Å²) in [6.07, 6.45) is -0.717. The van der Waals surface area contributed by atoms with Gasteiger partial charge >= 0.3 is 0 Å². The molecule has 1 unspecified atom stereocenters. The van der Waals surface area contributed by atoms with Gasteiger partial charge in [0, 0.05) is 7.11 Å². The monoisotopic (exact) mass is 486 g/mol. The van der Waals surface area contributed by atoms with E-state index >= 15 is 0 Å². The highest BCUT2D eigenvalue weighted by molar-refractivity contribution is 6.78. The lowest BCUT2D eigenvalue weighted by atomic mass is 9.90. The standard InChI is InChI=1S/C29H46O4Si/c1-18(2)26-16-24(12-13-27(26)32-17-31-11)29(30)28-22(9)14-25(15-23(28)10)33-34(19(3)4,20(5)6)21(7)8/h12-16,18-21,29-30H,17H2,1-11H3. The van der Waals surface area contributed by atoms with Crippen LogP contribution < -0.4 is 9.16 Å². The molecular formula is C29H46O4Si. The molecule has 1 N–H and O–H groups in total. The Balaban J connectivity index is 2.46. The van der Waals surface area contributed by atoms with Crippen LogP contribution in [0.25, 0.3) is 0 Å². The van der Waals surface area contributed by atoms with Gasteiger partial charge in [-0.3, -0.25) is 0 Å². The van der Waals surface area contributed by atoms with Gasteiger partial charge in [-0.05, 0) is 88.5 Å². The number of aryl methyl sites for hydroxylation is 2. The normalized spacial score (nSPS) is 13.3. The van der Waals surface area contributed by atoms with Crippen LogP contribution in [-0.4, -0.2) is 27.3 Å². The average molecular weight is 487 g/mol. The van der Waals surface area contributed by atoms with E-state index in [0.717, 1.165) is 39.3 Å². The number of aliphatic hydroxyl groups is 1. The zero-order chi connectivity index (χ0) is 25.8. The fourth-order valence-electron chi connectivity index (χ4n) is 5.59. The molecule has 0 bridgehead atoms. The van der Waals surface area contributed by atoms with Crippen molar-refractivity contribution < 1.29 is 19.0 Å². The average Bonchev–Trinajstić information content (AvgIpc) is 2.74. The molecule has 34 heavy (non-hydrogen) atoms. The zero-order valence-electron chi connectivity index (χ0n) is 23.2. The molecule has 5 heteroatoms. The Morgan fingerprint density at radius 2 is 1.35 bits per heavy atom. The summed E-state index contributed by atoms with van der Waals surface area (Å²) < 4.78 is 17.7. The van der Waals surface area contributed by atoms with Crippen LogP contribution in [0, 0.1) is 13.8 Å². The van der Waals surface area contributed by atoms with Crippen molar-refractivity contribution in [3.63, 3.8) is 0 Å². The third-order valence-electron chi connectivity index (χ3n) is 7.15. The largest absolute Gasteiger partial charge is 0.543 e. The lowest BCUT2D eigenvalue weighted by molar-refractivity contribution is 0.0502. The molecular weight excluding hydrogens is 440 g/mol. The van der Waals surface area contributed by atoms with Crippen molar-refractivity contribution in [3.8, 4) is 11.5 Å². The lowest BCUT2D eigenvalue weighted by Crippen LogP contribution is -2.50. The van der Waals surface area contributed by atoms with Gasteiger partial charge in [-0.15, -0.1) is 0 Å². The van der Waals surface area contributed by atoms with Crippen LogP contribution in [0.5, 0.6) is 11.5 Å². The first kappa shape index (κ1) is 28.4. The summed E-state index contributed by atoms with van der Waals surface area (Å²) in [5.41, 5.74) is 6.48. The van der Waals surface area contributed by atoms with E-state index < -0.39 is 14.4 Å². The maximum absolute atomic E-state index is 11.4. The van der Waals surface area contributed by atoms with Crippen molar-refractivity contribution in [3.05, 3.63) is 58.1 Å². The number of hydrogen-bond donors (Lipinski definition) is 1. The van der Waals surface area contributed by atoms with E-state index in [9.17, 15) is 5.11 Å². The molecule has 0 aromatic heterocycles. The molecule has 0 amide bonds. The number of methoxy groups -OCH3 is 1. The molecule has 4 nitrogen and oxygen atoms in total.